The van der Waals surface area contributed by atoms with Gasteiger partial charge < -0.3 is 10.9 Å². The number of nitrogen functional groups attached to an aromatic ring is 1. The van der Waals surface area contributed by atoms with Gasteiger partial charge in [0.1, 0.15) is 11.1 Å². The Kier molecular flexibility index (Phi) is 2.07. The van der Waals surface area contributed by atoms with Crippen LogP contribution in [0.15, 0.2) is 18.2 Å². The second-order valence-corrected chi connectivity index (χ2v) is 3.01. The molecule has 2 rings (SSSR count). The number of hydrogen-bond acceptors (Lipinski definition) is 4. The molecule has 0 radical (unpaired) electrons. The average Bonchev–Trinajstić information content (AvgIpc) is 2.14. The van der Waals surface area contributed by atoms with Gasteiger partial charge in [-0.3, -0.25) is 0 Å². The first-order chi connectivity index (χ1) is 7.39. The highest BCUT2D eigenvalue weighted by atomic mass is 19.4. The summed E-state index contributed by atoms with van der Waals surface area (Å²) in [6.07, 6.45) is -4.63. The minimum Gasteiger partial charge on any atom is -0.594 e. The van der Waals surface area contributed by atoms with Crippen molar-refractivity contribution in [1.29, 1.82) is 0 Å². The van der Waals surface area contributed by atoms with Crippen molar-refractivity contribution in [2.45, 2.75) is 6.18 Å². The third-order valence-corrected chi connectivity index (χ3v) is 1.94. The van der Waals surface area contributed by atoms with Crippen molar-refractivity contribution < 1.29 is 18.0 Å². The quantitative estimate of drug-likeness (QED) is 0.537. The van der Waals surface area contributed by atoms with Gasteiger partial charge in [-0.05, 0) is 17.0 Å². The van der Waals surface area contributed by atoms with Crippen molar-refractivity contribution in [2.24, 2.45) is 0 Å². The number of nitrogens with two attached hydrogens (primary N) is 1. The highest BCUT2D eigenvalue weighted by Crippen LogP contribution is 2.32. The first kappa shape index (κ1) is 10.4. The molecule has 5 nitrogen and oxygen atoms in total. The maximum Gasteiger partial charge on any atom is 0.423 e. The molecule has 0 aliphatic heterocycles. The van der Waals surface area contributed by atoms with Gasteiger partial charge in [0.15, 0.2) is 0 Å². The predicted octanol–water partition coefficient (Wildman–Crippen LogP) is 0.864. The topological polar surface area (TPSA) is 78.7 Å². The van der Waals surface area contributed by atoms with Crippen LogP contribution in [-0.4, -0.2) is 10.1 Å². The lowest BCUT2D eigenvalue weighted by Gasteiger charge is -2.07. The number of para-hydroxylation sites is 1. The fourth-order valence-corrected chi connectivity index (χ4v) is 1.34. The van der Waals surface area contributed by atoms with Crippen LogP contribution < -0.4 is 10.6 Å². The SMILES string of the molecule is Nc1nc2cccc(C(F)(F)F)c2[n+]([O-])n1. The van der Waals surface area contributed by atoms with Gasteiger partial charge in [0.05, 0.1) is 5.10 Å². The van der Waals surface area contributed by atoms with Crippen molar-refractivity contribution >= 4 is 17.0 Å². The molecule has 0 saturated heterocycles. The number of nitrogens with zero attached hydrogens (tertiary/aromatic N) is 3. The van der Waals surface area contributed by atoms with Crippen molar-refractivity contribution in [3.8, 4) is 0 Å². The van der Waals surface area contributed by atoms with Crippen molar-refractivity contribution in [1.82, 2.24) is 10.1 Å². The van der Waals surface area contributed by atoms with E-state index >= 15 is 0 Å². The Bertz CT molecular complexity index is 555. The summed E-state index contributed by atoms with van der Waals surface area (Å²) in [4.78, 5) is 3.39. The van der Waals surface area contributed by atoms with Crippen LogP contribution in [0.3, 0.4) is 0 Å². The molecule has 16 heavy (non-hydrogen) atoms. The lowest BCUT2D eigenvalue weighted by molar-refractivity contribution is -0.642. The Labute approximate surface area is 86.9 Å². The standard InChI is InChI=1S/C8H5F3N4O/c9-8(10,11)4-2-1-3-5-6(4)15(16)14-7(12)13-5/h1-3H,(H2,12,13,14). The van der Waals surface area contributed by atoms with E-state index in [4.69, 9.17) is 5.73 Å². The molecule has 1 aromatic heterocycles. The minimum absolute atomic E-state index is 0.141. The van der Waals surface area contributed by atoms with Gasteiger partial charge in [-0.15, -0.1) is 0 Å². The average molecular weight is 230 g/mol. The third kappa shape index (κ3) is 1.58. The molecule has 84 valence electrons. The van der Waals surface area contributed by atoms with Crippen LogP contribution in [0.2, 0.25) is 0 Å². The summed E-state index contributed by atoms with van der Waals surface area (Å²) in [7, 11) is 0. The van der Waals surface area contributed by atoms with E-state index in [1.807, 2.05) is 0 Å². The van der Waals surface area contributed by atoms with E-state index in [0.717, 1.165) is 12.1 Å². The van der Waals surface area contributed by atoms with E-state index in [1.165, 1.54) is 6.07 Å². The zero-order valence-corrected chi connectivity index (χ0v) is 7.69. The largest absolute Gasteiger partial charge is 0.594 e. The zero-order valence-electron chi connectivity index (χ0n) is 7.69. The highest BCUT2D eigenvalue weighted by molar-refractivity contribution is 5.75. The van der Waals surface area contributed by atoms with Gasteiger partial charge in [0, 0.05) is 0 Å². The first-order valence-electron chi connectivity index (χ1n) is 4.13. The van der Waals surface area contributed by atoms with E-state index in [-0.39, 0.29) is 16.3 Å². The first-order valence-corrected chi connectivity index (χ1v) is 4.13. The van der Waals surface area contributed by atoms with Crippen LogP contribution in [0.4, 0.5) is 19.1 Å². The summed E-state index contributed by atoms with van der Waals surface area (Å²) in [5.74, 6) is -0.373. The van der Waals surface area contributed by atoms with Gasteiger partial charge in [0.2, 0.25) is 0 Å². The van der Waals surface area contributed by atoms with Crippen molar-refractivity contribution in [3.63, 3.8) is 0 Å². The molecule has 2 N–H and O–H groups in total. The van der Waals surface area contributed by atoms with Crippen LogP contribution >= 0.6 is 0 Å². The fourth-order valence-electron chi connectivity index (χ4n) is 1.34. The van der Waals surface area contributed by atoms with Crippen molar-refractivity contribution in [3.05, 3.63) is 29.0 Å². The van der Waals surface area contributed by atoms with E-state index < -0.39 is 17.3 Å². The van der Waals surface area contributed by atoms with Crippen LogP contribution in [0.1, 0.15) is 5.56 Å². The van der Waals surface area contributed by atoms with E-state index in [9.17, 15) is 18.4 Å². The molecule has 1 aromatic carbocycles. The van der Waals surface area contributed by atoms with Gasteiger partial charge in [-0.1, -0.05) is 6.07 Å². The smallest absolute Gasteiger partial charge is 0.423 e. The van der Waals surface area contributed by atoms with Crippen molar-refractivity contribution in [2.75, 3.05) is 5.73 Å². The number of fused-ring (bicyclic) bond motifs is 1. The second-order valence-electron chi connectivity index (χ2n) is 3.01. The summed E-state index contributed by atoms with van der Waals surface area (Å²) in [6, 6.07) is 3.20. The number of hydrogen-bond donors (Lipinski definition) is 1. The molecule has 8 heteroatoms. The van der Waals surface area contributed by atoms with Crippen LogP contribution in [-0.2, 0) is 6.18 Å². The normalized spacial score (nSPS) is 11.9. The third-order valence-electron chi connectivity index (χ3n) is 1.94. The molecule has 0 aliphatic rings. The summed E-state index contributed by atoms with van der Waals surface area (Å²) >= 11 is 0. The van der Waals surface area contributed by atoms with Gasteiger partial charge in [-0.25, -0.2) is 4.98 Å². The molecular weight excluding hydrogens is 225 g/mol. The zero-order chi connectivity index (χ0) is 11.9. The molecule has 0 fully saturated rings. The van der Waals surface area contributed by atoms with Gasteiger partial charge >= 0.3 is 6.18 Å². The molecular formula is C8H5F3N4O. The number of alkyl halides is 3. The second kappa shape index (κ2) is 3.19. The predicted molar refractivity (Wildman–Crippen MR) is 47.9 cm³/mol. The molecule has 0 bridgehead atoms. The molecule has 0 unspecified atom stereocenters. The number of aromatic nitrogens is 3. The number of anilines is 1. The molecule has 0 spiro atoms. The fraction of sp³-hybridized carbons (Fsp3) is 0.125. The number of rotatable bonds is 0. The molecule has 0 amide bonds. The van der Waals surface area contributed by atoms with Crippen LogP contribution in [0.25, 0.3) is 11.0 Å². The summed E-state index contributed by atoms with van der Waals surface area (Å²) in [5.41, 5.74) is 3.30. The molecule has 2 aromatic rings. The lowest BCUT2D eigenvalue weighted by atomic mass is 10.2. The van der Waals surface area contributed by atoms with Crippen LogP contribution in [0.5, 0.6) is 0 Å². The molecule has 0 aliphatic carbocycles. The summed E-state index contributed by atoms with van der Waals surface area (Å²) in [5, 5.41) is 14.4. The monoisotopic (exact) mass is 230 g/mol. The molecule has 0 saturated carbocycles. The van der Waals surface area contributed by atoms with Gasteiger partial charge in [0.25, 0.3) is 11.5 Å². The Balaban J connectivity index is 2.87. The van der Waals surface area contributed by atoms with E-state index in [1.54, 1.807) is 0 Å². The number of halogens is 3. The summed E-state index contributed by atoms with van der Waals surface area (Å²) < 4.78 is 37.7. The maximum absolute atomic E-state index is 12.6. The molecule has 1 heterocycles. The maximum atomic E-state index is 12.6. The van der Waals surface area contributed by atoms with E-state index in [2.05, 4.69) is 10.1 Å². The Morgan fingerprint density at radius 3 is 2.62 bits per heavy atom. The van der Waals surface area contributed by atoms with Crippen LogP contribution in [0, 0.1) is 5.21 Å². The Hall–Kier alpha value is -2.12. The summed E-state index contributed by atoms with van der Waals surface area (Å²) in [6.45, 7) is 0. The molecule has 0 atom stereocenters. The highest BCUT2D eigenvalue weighted by Gasteiger charge is 2.37. The minimum atomic E-state index is -4.63. The lowest BCUT2D eigenvalue weighted by Crippen LogP contribution is -2.35. The number of benzene rings is 1. The van der Waals surface area contributed by atoms with E-state index in [0.29, 0.717) is 0 Å². The Morgan fingerprint density at radius 2 is 2.00 bits per heavy atom. The van der Waals surface area contributed by atoms with Gasteiger partial charge in [-0.2, -0.15) is 13.2 Å². The Morgan fingerprint density at radius 1 is 1.31 bits per heavy atom.